The molecule has 1 aliphatic heterocycles. The molecule has 4 aromatic rings. The summed E-state index contributed by atoms with van der Waals surface area (Å²) in [6.07, 6.45) is 1.51. The molecule has 1 saturated heterocycles. The minimum atomic E-state index is -0.682. The fourth-order valence-corrected chi connectivity index (χ4v) is 4.06. The van der Waals surface area contributed by atoms with Gasteiger partial charge in [-0.1, -0.05) is 18.2 Å². The van der Waals surface area contributed by atoms with Crippen molar-refractivity contribution in [1.29, 1.82) is 0 Å². The summed E-state index contributed by atoms with van der Waals surface area (Å²) < 4.78 is 10.8. The van der Waals surface area contributed by atoms with Crippen molar-refractivity contribution in [1.82, 2.24) is 15.8 Å². The summed E-state index contributed by atoms with van der Waals surface area (Å²) in [4.78, 5) is 43.5. The number of carbonyl (C=O) groups is 2. The molecule has 11 heteroatoms. The Morgan fingerprint density at radius 3 is 2.42 bits per heavy atom. The topological polar surface area (TPSA) is 140 Å². The third-order valence-electron chi connectivity index (χ3n) is 5.81. The molecular weight excluding hydrogens is 466 g/mol. The van der Waals surface area contributed by atoms with E-state index in [2.05, 4.69) is 15.8 Å². The van der Waals surface area contributed by atoms with Crippen LogP contribution in [0.5, 0.6) is 0 Å². The highest BCUT2D eigenvalue weighted by atomic mass is 16.6. The number of furan rings is 1. The van der Waals surface area contributed by atoms with Gasteiger partial charge in [-0.3, -0.25) is 30.6 Å². The van der Waals surface area contributed by atoms with Gasteiger partial charge in [0.15, 0.2) is 5.76 Å². The highest BCUT2D eigenvalue weighted by Gasteiger charge is 2.23. The molecular formula is C25H21N5O6. The molecule has 0 unspecified atom stereocenters. The Balaban J connectivity index is 1.42. The van der Waals surface area contributed by atoms with Gasteiger partial charge >= 0.3 is 0 Å². The highest BCUT2D eigenvalue weighted by molar-refractivity contribution is 6.08. The first-order chi connectivity index (χ1) is 17.5. The summed E-state index contributed by atoms with van der Waals surface area (Å²) in [6, 6.07) is 16.2. The van der Waals surface area contributed by atoms with Crippen molar-refractivity contribution >= 4 is 34.1 Å². The number of hydrazine groups is 1. The second kappa shape index (κ2) is 9.84. The smallest absolute Gasteiger partial charge is 0.272 e. The summed E-state index contributed by atoms with van der Waals surface area (Å²) in [5, 5.41) is 11.9. The number of nitrogens with zero attached hydrogens (tertiary/aromatic N) is 3. The Labute approximate surface area is 204 Å². The summed E-state index contributed by atoms with van der Waals surface area (Å²) in [7, 11) is 0. The summed E-state index contributed by atoms with van der Waals surface area (Å²) in [6.45, 7) is 2.01. The Kier molecular flexibility index (Phi) is 6.29. The van der Waals surface area contributed by atoms with E-state index in [9.17, 15) is 19.7 Å². The van der Waals surface area contributed by atoms with Gasteiger partial charge < -0.3 is 14.1 Å². The molecule has 0 aliphatic carbocycles. The van der Waals surface area contributed by atoms with Crippen LogP contribution in [0.3, 0.4) is 0 Å². The molecule has 0 saturated carbocycles. The number of hydrogen-bond acceptors (Lipinski definition) is 8. The average molecular weight is 487 g/mol. The number of anilines is 1. The molecule has 2 aromatic heterocycles. The third-order valence-corrected chi connectivity index (χ3v) is 5.81. The minimum absolute atomic E-state index is 0.0715. The number of nitro groups is 1. The third kappa shape index (κ3) is 4.59. The quantitative estimate of drug-likeness (QED) is 0.323. The maximum Gasteiger partial charge on any atom is 0.272 e. The van der Waals surface area contributed by atoms with Crippen LogP contribution in [0.1, 0.15) is 20.7 Å². The number of benzene rings is 2. The number of morpholine rings is 1. The fourth-order valence-electron chi connectivity index (χ4n) is 4.06. The number of pyridine rings is 1. The number of non-ortho nitro benzene ring substituents is 1. The number of aromatic nitrogens is 1. The van der Waals surface area contributed by atoms with E-state index in [1.165, 1.54) is 24.5 Å². The van der Waals surface area contributed by atoms with Crippen LogP contribution in [0.15, 0.2) is 71.3 Å². The van der Waals surface area contributed by atoms with Gasteiger partial charge in [-0.2, -0.15) is 0 Å². The van der Waals surface area contributed by atoms with Crippen LogP contribution in [0.4, 0.5) is 11.4 Å². The zero-order valence-corrected chi connectivity index (χ0v) is 19.0. The van der Waals surface area contributed by atoms with Gasteiger partial charge in [0.2, 0.25) is 0 Å². The summed E-state index contributed by atoms with van der Waals surface area (Å²) in [5.41, 5.74) is 6.51. The number of fused-ring (bicyclic) bond motifs is 1. The lowest BCUT2D eigenvalue weighted by Gasteiger charge is -2.30. The van der Waals surface area contributed by atoms with Crippen molar-refractivity contribution in [3.05, 3.63) is 88.2 Å². The van der Waals surface area contributed by atoms with E-state index in [0.717, 1.165) is 0 Å². The van der Waals surface area contributed by atoms with E-state index in [0.29, 0.717) is 54.3 Å². The van der Waals surface area contributed by atoms with E-state index in [4.69, 9.17) is 9.15 Å². The largest absolute Gasteiger partial charge is 0.463 e. The molecule has 36 heavy (non-hydrogen) atoms. The predicted octanol–water partition coefficient (Wildman–Crippen LogP) is 3.31. The maximum absolute atomic E-state index is 13.2. The van der Waals surface area contributed by atoms with Crippen molar-refractivity contribution in [2.45, 2.75) is 0 Å². The number of nitro benzene ring substituents is 1. The normalized spacial score (nSPS) is 13.4. The molecule has 2 amide bonds. The number of hydrogen-bond donors (Lipinski definition) is 2. The number of ether oxygens (including phenoxy) is 1. The first-order valence-electron chi connectivity index (χ1n) is 11.2. The van der Waals surface area contributed by atoms with Crippen molar-refractivity contribution in [3.63, 3.8) is 0 Å². The van der Waals surface area contributed by atoms with Crippen molar-refractivity contribution in [2.24, 2.45) is 0 Å². The van der Waals surface area contributed by atoms with Gasteiger partial charge in [-0.05, 0) is 30.3 Å². The van der Waals surface area contributed by atoms with Crippen LogP contribution in [-0.2, 0) is 4.74 Å². The van der Waals surface area contributed by atoms with Crippen LogP contribution < -0.4 is 15.8 Å². The molecule has 0 spiro atoms. The lowest BCUT2D eigenvalue weighted by molar-refractivity contribution is -0.384. The van der Waals surface area contributed by atoms with Crippen molar-refractivity contribution in [3.8, 4) is 11.5 Å². The van der Waals surface area contributed by atoms with Gasteiger partial charge in [-0.15, -0.1) is 0 Å². The zero-order valence-electron chi connectivity index (χ0n) is 19.0. The lowest BCUT2D eigenvalue weighted by atomic mass is 10.1. The zero-order chi connectivity index (χ0) is 25.1. The van der Waals surface area contributed by atoms with Crippen molar-refractivity contribution in [2.75, 3.05) is 31.2 Å². The van der Waals surface area contributed by atoms with Gasteiger partial charge in [0, 0.05) is 30.6 Å². The predicted molar refractivity (Wildman–Crippen MR) is 131 cm³/mol. The SMILES string of the molecule is O=C(NNC(=O)c1cc(-c2ccco2)nc2ccccc12)c1cc([N+](=O)[O-])ccc1N1CCOCC1. The van der Waals surface area contributed by atoms with E-state index < -0.39 is 16.7 Å². The first kappa shape index (κ1) is 23.0. The van der Waals surface area contributed by atoms with Crippen LogP contribution in [-0.4, -0.2) is 48.0 Å². The van der Waals surface area contributed by atoms with E-state index in [1.54, 1.807) is 42.5 Å². The molecule has 11 nitrogen and oxygen atoms in total. The molecule has 0 radical (unpaired) electrons. The second-order valence-electron chi connectivity index (χ2n) is 8.02. The number of amides is 2. The molecule has 1 fully saturated rings. The van der Waals surface area contributed by atoms with E-state index in [-0.39, 0.29) is 16.8 Å². The van der Waals surface area contributed by atoms with Crippen LogP contribution in [0.25, 0.3) is 22.4 Å². The fraction of sp³-hybridized carbons (Fsp3) is 0.160. The molecule has 182 valence electrons. The Hall–Kier alpha value is -4.77. The van der Waals surface area contributed by atoms with Crippen LogP contribution in [0, 0.1) is 10.1 Å². The first-order valence-corrected chi connectivity index (χ1v) is 11.2. The maximum atomic E-state index is 13.2. The van der Waals surface area contributed by atoms with E-state index in [1.807, 2.05) is 4.90 Å². The molecule has 2 aromatic carbocycles. The summed E-state index contributed by atoms with van der Waals surface area (Å²) >= 11 is 0. The second-order valence-corrected chi connectivity index (χ2v) is 8.02. The average Bonchev–Trinajstić information content (AvgIpc) is 3.46. The molecule has 1 aliphatic rings. The molecule has 0 bridgehead atoms. The van der Waals surface area contributed by atoms with Crippen molar-refractivity contribution < 1.29 is 23.7 Å². The van der Waals surface area contributed by atoms with Gasteiger partial charge in [0.05, 0.1) is 46.7 Å². The molecule has 5 rings (SSSR count). The molecule has 3 heterocycles. The monoisotopic (exact) mass is 487 g/mol. The number of nitrogens with one attached hydrogen (secondary N) is 2. The Morgan fingerprint density at radius 2 is 1.69 bits per heavy atom. The lowest BCUT2D eigenvalue weighted by Crippen LogP contribution is -2.43. The minimum Gasteiger partial charge on any atom is -0.463 e. The molecule has 2 N–H and O–H groups in total. The number of para-hydroxylation sites is 1. The van der Waals surface area contributed by atoms with Crippen LogP contribution >= 0.6 is 0 Å². The standard InChI is InChI=1S/C25H21N5O6/c31-24(18-15-21(23-6-3-11-36-23)26-20-5-2-1-4-17(18)20)27-28-25(32)19-14-16(30(33)34)7-8-22(19)29-9-12-35-13-10-29/h1-8,11,14-15H,9-10,12-13H2,(H,27,31)(H,28,32). The number of rotatable bonds is 5. The molecule has 0 atom stereocenters. The highest BCUT2D eigenvalue weighted by Crippen LogP contribution is 2.27. The Morgan fingerprint density at radius 1 is 0.944 bits per heavy atom. The van der Waals surface area contributed by atoms with Gasteiger partial charge in [0.1, 0.15) is 5.69 Å². The van der Waals surface area contributed by atoms with Crippen LogP contribution in [0.2, 0.25) is 0 Å². The van der Waals surface area contributed by atoms with Gasteiger partial charge in [0.25, 0.3) is 17.5 Å². The Bertz CT molecular complexity index is 1450. The number of carbonyl (C=O) groups excluding carboxylic acids is 2. The summed E-state index contributed by atoms with van der Waals surface area (Å²) in [5.74, 6) is -0.767. The van der Waals surface area contributed by atoms with Gasteiger partial charge in [-0.25, -0.2) is 4.98 Å². The van der Waals surface area contributed by atoms with E-state index >= 15 is 0 Å².